The van der Waals surface area contributed by atoms with Crippen molar-refractivity contribution in [1.29, 1.82) is 0 Å². The highest BCUT2D eigenvalue weighted by Crippen LogP contribution is 2.35. The molecule has 1 aliphatic rings. The average molecular weight is 360 g/mol. The molecule has 5 nitrogen and oxygen atoms in total. The van der Waals surface area contributed by atoms with Gasteiger partial charge in [0.05, 0.1) is 26.5 Å². The van der Waals surface area contributed by atoms with Crippen LogP contribution in [0.15, 0.2) is 29.6 Å². The number of benzene rings is 1. The molecule has 1 amide bonds. The van der Waals surface area contributed by atoms with Crippen LogP contribution in [0.25, 0.3) is 0 Å². The van der Waals surface area contributed by atoms with Crippen LogP contribution in [0.5, 0.6) is 11.5 Å². The fourth-order valence-electron chi connectivity index (χ4n) is 3.39. The fraction of sp³-hybridized carbons (Fsp3) is 0.421. The van der Waals surface area contributed by atoms with Crippen LogP contribution in [0, 0.1) is 0 Å². The van der Waals surface area contributed by atoms with Gasteiger partial charge in [0.25, 0.3) is 0 Å². The lowest BCUT2D eigenvalue weighted by molar-refractivity contribution is -0.118. The zero-order valence-corrected chi connectivity index (χ0v) is 15.7. The van der Waals surface area contributed by atoms with E-state index in [1.165, 1.54) is 10.4 Å². The Morgan fingerprint density at radius 2 is 2.16 bits per heavy atom. The van der Waals surface area contributed by atoms with Gasteiger partial charge in [-0.05, 0) is 42.0 Å². The molecule has 1 aliphatic heterocycles. The van der Waals surface area contributed by atoms with Crippen molar-refractivity contribution in [2.75, 3.05) is 32.6 Å². The van der Waals surface area contributed by atoms with Gasteiger partial charge in [-0.25, -0.2) is 0 Å². The van der Waals surface area contributed by atoms with Gasteiger partial charge < -0.3 is 14.8 Å². The van der Waals surface area contributed by atoms with Crippen molar-refractivity contribution in [1.82, 2.24) is 4.90 Å². The van der Waals surface area contributed by atoms with E-state index < -0.39 is 0 Å². The van der Waals surface area contributed by atoms with E-state index in [9.17, 15) is 4.79 Å². The van der Waals surface area contributed by atoms with Gasteiger partial charge in [-0.15, -0.1) is 11.3 Å². The first-order chi connectivity index (χ1) is 12.2. The molecule has 0 unspecified atom stereocenters. The predicted molar refractivity (Wildman–Crippen MR) is 101 cm³/mol. The van der Waals surface area contributed by atoms with Gasteiger partial charge in [0.2, 0.25) is 5.91 Å². The Morgan fingerprint density at radius 1 is 1.32 bits per heavy atom. The maximum atomic E-state index is 12.6. The molecule has 0 saturated heterocycles. The number of carbonyl (C=O) groups excluding carboxylic acids is 1. The van der Waals surface area contributed by atoms with E-state index >= 15 is 0 Å². The van der Waals surface area contributed by atoms with Gasteiger partial charge >= 0.3 is 0 Å². The Hall–Kier alpha value is -2.05. The van der Waals surface area contributed by atoms with Crippen LogP contribution in [0.1, 0.15) is 29.8 Å². The number of hydrogen-bond acceptors (Lipinski definition) is 5. The maximum Gasteiger partial charge on any atom is 0.238 e. The second kappa shape index (κ2) is 7.89. The summed E-state index contributed by atoms with van der Waals surface area (Å²) in [5.74, 6) is 1.26. The maximum absolute atomic E-state index is 12.6. The largest absolute Gasteiger partial charge is 0.497 e. The molecule has 0 radical (unpaired) electrons. The number of rotatable bonds is 6. The Balaban J connectivity index is 1.69. The van der Waals surface area contributed by atoms with Gasteiger partial charge in [-0.1, -0.05) is 6.92 Å². The van der Waals surface area contributed by atoms with Crippen LogP contribution >= 0.6 is 11.3 Å². The molecule has 1 aromatic carbocycles. The Bertz CT molecular complexity index is 744. The first kappa shape index (κ1) is 17.8. The molecule has 0 fully saturated rings. The predicted octanol–water partition coefficient (Wildman–Crippen LogP) is 3.71. The fourth-order valence-corrected chi connectivity index (χ4v) is 4.32. The average Bonchev–Trinajstić information content (AvgIpc) is 3.10. The Kier molecular flexibility index (Phi) is 5.60. The molecule has 1 aromatic heterocycles. The van der Waals surface area contributed by atoms with E-state index in [0.29, 0.717) is 29.8 Å². The molecular formula is C19H24N2O3S. The lowest BCUT2D eigenvalue weighted by Crippen LogP contribution is -2.40. The summed E-state index contributed by atoms with van der Waals surface area (Å²) >= 11 is 1.82. The summed E-state index contributed by atoms with van der Waals surface area (Å²) < 4.78 is 10.5. The molecule has 134 valence electrons. The molecule has 25 heavy (non-hydrogen) atoms. The highest BCUT2D eigenvalue weighted by molar-refractivity contribution is 7.10. The van der Waals surface area contributed by atoms with Crippen LogP contribution in [0.3, 0.4) is 0 Å². The zero-order chi connectivity index (χ0) is 17.8. The summed E-state index contributed by atoms with van der Waals surface area (Å²) in [7, 11) is 3.19. The number of thiophene rings is 1. The van der Waals surface area contributed by atoms with Crippen molar-refractivity contribution in [2.24, 2.45) is 0 Å². The number of hydrogen-bond donors (Lipinski definition) is 1. The lowest BCUT2D eigenvalue weighted by Gasteiger charge is -2.34. The van der Waals surface area contributed by atoms with Gasteiger partial charge in [0.15, 0.2) is 0 Å². The standard InChI is InChI=1S/C19H24N2O3S/c1-4-16-14-8-10-25-18(14)7-9-21(16)12-19(22)20-15-6-5-13(23-2)11-17(15)24-3/h5-6,8,10-11,16H,4,7,9,12H2,1-3H3,(H,20,22)/t16-/m1/s1. The van der Waals surface area contributed by atoms with Crippen LogP contribution < -0.4 is 14.8 Å². The number of amides is 1. The van der Waals surface area contributed by atoms with Gasteiger partial charge in [-0.2, -0.15) is 0 Å². The summed E-state index contributed by atoms with van der Waals surface area (Å²) in [5.41, 5.74) is 2.04. The number of methoxy groups -OCH3 is 2. The van der Waals surface area contributed by atoms with Crippen LogP contribution in [-0.4, -0.2) is 38.1 Å². The minimum Gasteiger partial charge on any atom is -0.497 e. The molecule has 0 saturated carbocycles. The van der Waals surface area contributed by atoms with Gasteiger partial charge in [0, 0.05) is 23.5 Å². The summed E-state index contributed by atoms with van der Waals surface area (Å²) in [6.07, 6.45) is 2.02. The summed E-state index contributed by atoms with van der Waals surface area (Å²) in [4.78, 5) is 16.3. The van der Waals surface area contributed by atoms with Crippen molar-refractivity contribution in [3.8, 4) is 11.5 Å². The smallest absolute Gasteiger partial charge is 0.238 e. The van der Waals surface area contributed by atoms with E-state index in [1.807, 2.05) is 17.4 Å². The molecule has 1 N–H and O–H groups in total. The Labute approximate surface area is 152 Å². The number of ether oxygens (including phenoxy) is 2. The molecule has 0 spiro atoms. The second-order valence-corrected chi connectivity index (χ2v) is 7.06. The molecule has 0 aliphatic carbocycles. The number of fused-ring (bicyclic) bond motifs is 1. The third-order valence-electron chi connectivity index (χ3n) is 4.62. The summed E-state index contributed by atoms with van der Waals surface area (Å²) in [6, 6.07) is 7.90. The number of nitrogens with one attached hydrogen (secondary N) is 1. The molecule has 1 atom stereocenters. The summed E-state index contributed by atoms with van der Waals surface area (Å²) in [5, 5.41) is 5.12. The minimum absolute atomic E-state index is 0.0272. The molecule has 6 heteroatoms. The molecular weight excluding hydrogens is 336 g/mol. The Morgan fingerprint density at radius 3 is 2.88 bits per heavy atom. The highest BCUT2D eigenvalue weighted by Gasteiger charge is 2.28. The molecule has 2 heterocycles. The van der Waals surface area contributed by atoms with E-state index in [-0.39, 0.29) is 5.91 Å². The summed E-state index contributed by atoms with van der Waals surface area (Å²) in [6.45, 7) is 3.47. The monoisotopic (exact) mass is 360 g/mol. The van der Waals surface area contributed by atoms with Crippen LogP contribution in [0.4, 0.5) is 5.69 Å². The first-order valence-electron chi connectivity index (χ1n) is 8.48. The van der Waals surface area contributed by atoms with E-state index in [2.05, 4.69) is 28.6 Å². The molecule has 2 aromatic rings. The van der Waals surface area contributed by atoms with E-state index in [4.69, 9.17) is 9.47 Å². The highest BCUT2D eigenvalue weighted by atomic mass is 32.1. The lowest BCUT2D eigenvalue weighted by atomic mass is 9.98. The van der Waals surface area contributed by atoms with E-state index in [0.717, 1.165) is 19.4 Å². The zero-order valence-electron chi connectivity index (χ0n) is 14.9. The normalized spacial score (nSPS) is 17.0. The van der Waals surface area contributed by atoms with E-state index in [1.54, 1.807) is 26.4 Å². The van der Waals surface area contributed by atoms with Gasteiger partial charge in [-0.3, -0.25) is 9.69 Å². The second-order valence-electron chi connectivity index (χ2n) is 6.06. The van der Waals surface area contributed by atoms with Crippen molar-refractivity contribution in [3.63, 3.8) is 0 Å². The number of anilines is 1. The van der Waals surface area contributed by atoms with Crippen LogP contribution in [-0.2, 0) is 11.2 Å². The van der Waals surface area contributed by atoms with Gasteiger partial charge in [0.1, 0.15) is 11.5 Å². The third-order valence-corrected chi connectivity index (χ3v) is 5.62. The van der Waals surface area contributed by atoms with Crippen molar-refractivity contribution >= 4 is 22.9 Å². The topological polar surface area (TPSA) is 50.8 Å². The number of nitrogens with zero attached hydrogens (tertiary/aromatic N) is 1. The third kappa shape index (κ3) is 3.80. The van der Waals surface area contributed by atoms with Crippen molar-refractivity contribution < 1.29 is 14.3 Å². The van der Waals surface area contributed by atoms with Crippen molar-refractivity contribution in [3.05, 3.63) is 40.1 Å². The van der Waals surface area contributed by atoms with Crippen LogP contribution in [0.2, 0.25) is 0 Å². The molecule has 3 rings (SSSR count). The first-order valence-corrected chi connectivity index (χ1v) is 9.36. The number of carbonyl (C=O) groups is 1. The molecule has 0 bridgehead atoms. The minimum atomic E-state index is -0.0272. The van der Waals surface area contributed by atoms with Crippen molar-refractivity contribution in [2.45, 2.75) is 25.8 Å². The quantitative estimate of drug-likeness (QED) is 0.853. The SMILES string of the molecule is CC[C@@H]1c2ccsc2CCN1CC(=O)Nc1ccc(OC)cc1OC.